The first-order valence-electron chi connectivity index (χ1n) is 12.6. The third kappa shape index (κ3) is 7.22. The first kappa shape index (κ1) is 26.6. The molecule has 188 valence electrons. The van der Waals surface area contributed by atoms with Gasteiger partial charge in [0.15, 0.2) is 0 Å². The molecule has 0 saturated heterocycles. The van der Waals surface area contributed by atoms with Crippen LogP contribution in [0.3, 0.4) is 0 Å². The maximum absolute atomic E-state index is 11.8. The van der Waals surface area contributed by atoms with Crippen LogP contribution in [0, 0.1) is 0 Å². The van der Waals surface area contributed by atoms with E-state index in [2.05, 4.69) is 13.8 Å². The van der Waals surface area contributed by atoms with Crippen molar-refractivity contribution in [3.05, 3.63) is 53.6 Å². The maximum atomic E-state index is 11.8. The largest absolute Gasteiger partial charge is 0.508 e. The fraction of sp³-hybridized carbons (Fsp3) is 0.571. The molecule has 1 aliphatic heterocycles. The molecule has 5 nitrogen and oxygen atoms in total. The Morgan fingerprint density at radius 1 is 0.971 bits per heavy atom. The zero-order valence-corrected chi connectivity index (χ0v) is 21.4. The predicted molar refractivity (Wildman–Crippen MR) is 138 cm³/mol. The zero-order valence-electron chi connectivity index (χ0n) is 20.6. The molecule has 0 aromatic heterocycles. The van der Waals surface area contributed by atoms with Gasteiger partial charge in [0.1, 0.15) is 17.2 Å². The molecule has 1 unspecified atom stereocenters. The Morgan fingerprint density at radius 2 is 1.65 bits per heavy atom. The second kappa shape index (κ2) is 13.1. The summed E-state index contributed by atoms with van der Waals surface area (Å²) in [5.41, 5.74) is 2.03. The summed E-state index contributed by atoms with van der Waals surface area (Å²) < 4.78 is 23.8. The van der Waals surface area contributed by atoms with Crippen molar-refractivity contribution in [3.63, 3.8) is 0 Å². The number of hydrogen-bond donors (Lipinski definition) is 2. The van der Waals surface area contributed by atoms with Crippen molar-refractivity contribution in [2.24, 2.45) is 0 Å². The predicted octanol–water partition coefficient (Wildman–Crippen LogP) is 6.05. The summed E-state index contributed by atoms with van der Waals surface area (Å²) in [7, 11) is -0.673. The number of ether oxygens (including phenoxy) is 2. The summed E-state index contributed by atoms with van der Waals surface area (Å²) in [6.45, 7) is 6.34. The SMILES string of the molecule is CCCCS(=O)CCCCOCCCC[C@@H]1c2ccc(O)cc2OC[C@]1(C)c1ccc(O)cc1. The summed E-state index contributed by atoms with van der Waals surface area (Å²) in [4.78, 5) is 0. The highest BCUT2D eigenvalue weighted by Gasteiger charge is 2.42. The minimum absolute atomic E-state index is 0.216. The Kier molecular flexibility index (Phi) is 10.3. The highest BCUT2D eigenvalue weighted by molar-refractivity contribution is 7.84. The van der Waals surface area contributed by atoms with E-state index in [1.807, 2.05) is 18.2 Å². The molecule has 34 heavy (non-hydrogen) atoms. The quantitative estimate of drug-likeness (QED) is 0.317. The Balaban J connectivity index is 1.50. The van der Waals surface area contributed by atoms with Crippen molar-refractivity contribution in [2.45, 2.75) is 70.1 Å². The van der Waals surface area contributed by atoms with E-state index in [4.69, 9.17) is 9.47 Å². The van der Waals surface area contributed by atoms with E-state index in [0.717, 1.165) is 86.5 Å². The molecule has 0 radical (unpaired) electrons. The van der Waals surface area contributed by atoms with Gasteiger partial charge in [0.25, 0.3) is 0 Å². The van der Waals surface area contributed by atoms with Gasteiger partial charge in [0.05, 0.1) is 6.61 Å². The third-order valence-corrected chi connectivity index (χ3v) is 8.35. The van der Waals surface area contributed by atoms with Crippen molar-refractivity contribution in [1.82, 2.24) is 0 Å². The van der Waals surface area contributed by atoms with E-state index in [9.17, 15) is 14.4 Å². The Hall–Kier alpha value is -2.05. The van der Waals surface area contributed by atoms with Crippen LogP contribution in [0.4, 0.5) is 0 Å². The van der Waals surface area contributed by atoms with E-state index in [-0.39, 0.29) is 22.8 Å². The van der Waals surface area contributed by atoms with E-state index in [0.29, 0.717) is 6.61 Å². The molecule has 0 saturated carbocycles. The molecule has 0 amide bonds. The van der Waals surface area contributed by atoms with Gasteiger partial charge >= 0.3 is 0 Å². The molecule has 1 heterocycles. The summed E-state index contributed by atoms with van der Waals surface area (Å²) in [5.74, 6) is 3.09. The number of benzene rings is 2. The first-order valence-corrected chi connectivity index (χ1v) is 14.1. The van der Waals surface area contributed by atoms with Gasteiger partial charge in [-0.3, -0.25) is 4.21 Å². The average Bonchev–Trinajstić information content (AvgIpc) is 2.83. The number of unbranched alkanes of at least 4 members (excludes halogenated alkanes) is 3. The summed E-state index contributed by atoms with van der Waals surface area (Å²) in [6, 6.07) is 12.8. The van der Waals surface area contributed by atoms with Gasteiger partial charge in [0.2, 0.25) is 0 Å². The minimum atomic E-state index is -0.673. The van der Waals surface area contributed by atoms with Gasteiger partial charge in [-0.1, -0.05) is 44.9 Å². The summed E-state index contributed by atoms with van der Waals surface area (Å²) in [5, 5.41) is 19.7. The zero-order chi connectivity index (χ0) is 24.4. The number of aromatic hydroxyl groups is 2. The fourth-order valence-corrected chi connectivity index (χ4v) is 6.08. The molecule has 1 aliphatic rings. The molecular formula is C28H40O5S. The maximum Gasteiger partial charge on any atom is 0.126 e. The average molecular weight is 489 g/mol. The van der Waals surface area contributed by atoms with Gasteiger partial charge in [-0.25, -0.2) is 0 Å². The van der Waals surface area contributed by atoms with Gasteiger partial charge in [-0.15, -0.1) is 0 Å². The van der Waals surface area contributed by atoms with Crippen LogP contribution < -0.4 is 4.74 Å². The van der Waals surface area contributed by atoms with Crippen molar-refractivity contribution in [2.75, 3.05) is 31.3 Å². The lowest BCUT2D eigenvalue weighted by molar-refractivity contribution is 0.123. The summed E-state index contributed by atoms with van der Waals surface area (Å²) in [6.07, 6.45) is 7.08. The van der Waals surface area contributed by atoms with Crippen LogP contribution in [0.15, 0.2) is 42.5 Å². The van der Waals surface area contributed by atoms with E-state index >= 15 is 0 Å². The fourth-order valence-electron chi connectivity index (χ4n) is 4.74. The molecule has 2 N–H and O–H groups in total. The number of rotatable bonds is 14. The van der Waals surface area contributed by atoms with Gasteiger partial charge < -0.3 is 19.7 Å². The standard InChI is InChI=1S/C28H40O5S/c1-3-4-18-34(31)19-8-7-17-32-16-6-5-9-26-25-15-14-24(30)20-27(25)33-21-28(26,2)22-10-12-23(29)13-11-22/h10-15,20,26,29-30H,3-9,16-19,21H2,1-2H3/t26-,28-,34?/m1/s1. The number of hydrogen-bond acceptors (Lipinski definition) is 5. The van der Waals surface area contributed by atoms with Crippen LogP contribution in [0.2, 0.25) is 0 Å². The highest BCUT2D eigenvalue weighted by atomic mass is 32.2. The second-order valence-corrected chi connectivity index (χ2v) is 11.2. The Bertz CT molecular complexity index is 914. The van der Waals surface area contributed by atoms with Gasteiger partial charge in [-0.05, 0) is 61.4 Å². The monoisotopic (exact) mass is 488 g/mol. The van der Waals surface area contributed by atoms with Gasteiger partial charge in [0, 0.05) is 52.9 Å². The molecule has 6 heteroatoms. The molecule has 0 fully saturated rings. The van der Waals surface area contributed by atoms with Crippen molar-refractivity contribution < 1.29 is 23.9 Å². The Labute approximate surface area is 207 Å². The molecule has 3 rings (SSSR count). The van der Waals surface area contributed by atoms with Crippen molar-refractivity contribution in [3.8, 4) is 17.2 Å². The number of phenols is 2. The summed E-state index contributed by atoms with van der Waals surface area (Å²) >= 11 is 0. The molecule has 2 aromatic rings. The van der Waals surface area contributed by atoms with Gasteiger partial charge in [-0.2, -0.15) is 0 Å². The lowest BCUT2D eigenvalue weighted by atomic mass is 9.66. The van der Waals surface area contributed by atoms with Crippen LogP contribution in [-0.2, 0) is 21.0 Å². The smallest absolute Gasteiger partial charge is 0.126 e. The van der Waals surface area contributed by atoms with Crippen molar-refractivity contribution >= 4 is 10.8 Å². The van der Waals surface area contributed by atoms with Crippen LogP contribution in [0.1, 0.15) is 75.8 Å². The molecule has 3 atom stereocenters. The molecule has 2 aromatic carbocycles. The van der Waals surface area contributed by atoms with Crippen LogP contribution in [0.5, 0.6) is 17.2 Å². The van der Waals surface area contributed by atoms with Crippen LogP contribution >= 0.6 is 0 Å². The van der Waals surface area contributed by atoms with E-state index < -0.39 is 10.8 Å². The number of phenolic OH excluding ortho intramolecular Hbond substituents is 2. The first-order chi connectivity index (χ1) is 16.4. The molecule has 0 aliphatic carbocycles. The topological polar surface area (TPSA) is 76.0 Å². The second-order valence-electron chi connectivity index (χ2n) is 9.54. The number of fused-ring (bicyclic) bond motifs is 1. The molecular weight excluding hydrogens is 448 g/mol. The molecule has 0 spiro atoms. The van der Waals surface area contributed by atoms with Crippen molar-refractivity contribution in [1.29, 1.82) is 0 Å². The normalized spacial score (nSPS) is 20.5. The molecule has 0 bridgehead atoms. The lowest BCUT2D eigenvalue weighted by Crippen LogP contribution is -2.40. The third-order valence-electron chi connectivity index (χ3n) is 6.86. The highest BCUT2D eigenvalue weighted by Crippen LogP contribution is 2.49. The van der Waals surface area contributed by atoms with E-state index in [1.54, 1.807) is 24.3 Å². The Morgan fingerprint density at radius 3 is 2.38 bits per heavy atom. The van der Waals surface area contributed by atoms with Crippen LogP contribution in [0.25, 0.3) is 0 Å². The minimum Gasteiger partial charge on any atom is -0.508 e. The van der Waals surface area contributed by atoms with E-state index in [1.165, 1.54) is 0 Å². The van der Waals surface area contributed by atoms with Crippen LogP contribution in [-0.4, -0.2) is 45.7 Å². The lowest BCUT2D eigenvalue weighted by Gasteiger charge is -2.43.